The number of pyridine rings is 1. The van der Waals surface area contributed by atoms with Crippen LogP contribution in [0.2, 0.25) is 10.0 Å². The molecule has 0 saturated carbocycles. The number of ether oxygens (including phenoxy) is 1. The summed E-state index contributed by atoms with van der Waals surface area (Å²) in [5.74, 6) is 0.841. The molecule has 0 atom stereocenters. The van der Waals surface area contributed by atoms with Gasteiger partial charge in [0.25, 0.3) is 0 Å². The van der Waals surface area contributed by atoms with Gasteiger partial charge in [0.2, 0.25) is 0 Å². The highest BCUT2D eigenvalue weighted by Crippen LogP contribution is 2.34. The first-order valence-electron chi connectivity index (χ1n) is 5.36. The lowest BCUT2D eigenvalue weighted by molar-refractivity contribution is 0.303. The lowest BCUT2D eigenvalue weighted by Crippen LogP contribution is -1.99. The summed E-state index contributed by atoms with van der Waals surface area (Å²) in [4.78, 5) is 4.07. The molecule has 2 nitrogen and oxygen atoms in total. The Morgan fingerprint density at radius 3 is 2.63 bits per heavy atom. The SMILES string of the molecule is ClCc1cc(Cl)cc(Cl)c1OCc1cncc(Br)c1. The van der Waals surface area contributed by atoms with Crippen molar-refractivity contribution in [2.24, 2.45) is 0 Å². The fourth-order valence-corrected chi connectivity index (χ4v) is 2.77. The average Bonchev–Trinajstić information content (AvgIpc) is 2.37. The van der Waals surface area contributed by atoms with E-state index in [1.54, 1.807) is 24.5 Å². The predicted molar refractivity (Wildman–Crippen MR) is 82.3 cm³/mol. The van der Waals surface area contributed by atoms with Gasteiger partial charge in [-0.05, 0) is 34.1 Å². The molecule has 0 aliphatic rings. The molecule has 1 heterocycles. The minimum Gasteiger partial charge on any atom is -0.487 e. The highest BCUT2D eigenvalue weighted by atomic mass is 79.9. The van der Waals surface area contributed by atoms with Gasteiger partial charge >= 0.3 is 0 Å². The molecule has 0 spiro atoms. The molecule has 0 aliphatic heterocycles. The first kappa shape index (κ1) is 14.9. The summed E-state index contributed by atoms with van der Waals surface area (Å²) in [6.07, 6.45) is 3.44. The Hall–Kier alpha value is -0.480. The van der Waals surface area contributed by atoms with E-state index in [1.807, 2.05) is 6.07 Å². The zero-order valence-electron chi connectivity index (χ0n) is 9.67. The highest BCUT2D eigenvalue weighted by molar-refractivity contribution is 9.10. The minimum atomic E-state index is 0.284. The maximum absolute atomic E-state index is 6.12. The van der Waals surface area contributed by atoms with Crippen LogP contribution in [0, 0.1) is 0 Å². The van der Waals surface area contributed by atoms with Crippen molar-refractivity contribution >= 4 is 50.7 Å². The molecule has 1 aromatic heterocycles. The number of rotatable bonds is 4. The number of hydrogen-bond donors (Lipinski definition) is 0. The summed E-state index contributed by atoms with van der Waals surface area (Å²) < 4.78 is 6.62. The van der Waals surface area contributed by atoms with E-state index in [9.17, 15) is 0 Å². The van der Waals surface area contributed by atoms with Gasteiger partial charge in [0.1, 0.15) is 12.4 Å². The van der Waals surface area contributed by atoms with Crippen molar-refractivity contribution in [3.8, 4) is 5.75 Å². The average molecular weight is 381 g/mol. The third-order valence-corrected chi connectivity index (χ3v) is 3.59. The molecule has 2 aromatic rings. The summed E-state index contributed by atoms with van der Waals surface area (Å²) in [5, 5.41) is 0.989. The molecule has 1 aromatic carbocycles. The second kappa shape index (κ2) is 6.80. The Labute approximate surface area is 134 Å². The van der Waals surface area contributed by atoms with Gasteiger partial charge in [-0.15, -0.1) is 11.6 Å². The van der Waals surface area contributed by atoms with Gasteiger partial charge in [0.05, 0.1) is 10.9 Å². The number of aromatic nitrogens is 1. The molecule has 0 amide bonds. The Kier molecular flexibility index (Phi) is 5.34. The lowest BCUT2D eigenvalue weighted by atomic mass is 10.2. The van der Waals surface area contributed by atoms with Gasteiger partial charge in [-0.25, -0.2) is 0 Å². The van der Waals surface area contributed by atoms with Gasteiger partial charge in [-0.2, -0.15) is 0 Å². The summed E-state index contributed by atoms with van der Waals surface area (Å²) in [6, 6.07) is 5.31. The largest absolute Gasteiger partial charge is 0.487 e. The van der Waals surface area contributed by atoms with Crippen molar-refractivity contribution < 1.29 is 4.74 Å². The number of halogens is 4. The van der Waals surface area contributed by atoms with Crippen molar-refractivity contribution in [3.63, 3.8) is 0 Å². The first-order chi connectivity index (χ1) is 9.10. The molecule has 19 heavy (non-hydrogen) atoms. The van der Waals surface area contributed by atoms with Crippen LogP contribution in [-0.4, -0.2) is 4.98 Å². The van der Waals surface area contributed by atoms with Gasteiger partial charge < -0.3 is 4.74 Å². The van der Waals surface area contributed by atoms with E-state index in [0.29, 0.717) is 22.4 Å². The highest BCUT2D eigenvalue weighted by Gasteiger charge is 2.10. The van der Waals surface area contributed by atoms with Crippen molar-refractivity contribution in [1.29, 1.82) is 0 Å². The molecule has 0 radical (unpaired) electrons. The summed E-state index contributed by atoms with van der Waals surface area (Å²) >= 11 is 21.3. The Bertz CT molecular complexity index is 592. The second-order valence-corrected chi connectivity index (χ2v) is 5.84. The van der Waals surface area contributed by atoms with Crippen LogP contribution in [0.5, 0.6) is 5.75 Å². The third-order valence-electron chi connectivity index (χ3n) is 2.37. The van der Waals surface area contributed by atoms with Gasteiger partial charge in [0.15, 0.2) is 0 Å². The van der Waals surface area contributed by atoms with Crippen molar-refractivity contribution in [2.45, 2.75) is 12.5 Å². The number of hydrogen-bond acceptors (Lipinski definition) is 2. The molecule has 0 saturated heterocycles. The van der Waals surface area contributed by atoms with Gasteiger partial charge in [-0.1, -0.05) is 23.2 Å². The molecule has 0 N–H and O–H groups in total. The van der Waals surface area contributed by atoms with Crippen molar-refractivity contribution in [2.75, 3.05) is 0 Å². The van der Waals surface area contributed by atoms with E-state index in [0.717, 1.165) is 15.6 Å². The van der Waals surface area contributed by atoms with Crippen LogP contribution in [0.1, 0.15) is 11.1 Å². The van der Waals surface area contributed by atoms with Gasteiger partial charge in [0, 0.05) is 33.0 Å². The van der Waals surface area contributed by atoms with E-state index < -0.39 is 0 Å². The number of nitrogens with zero attached hydrogens (tertiary/aromatic N) is 1. The molecule has 6 heteroatoms. The first-order valence-corrected chi connectivity index (χ1v) is 7.44. The lowest BCUT2D eigenvalue weighted by Gasteiger charge is -2.12. The molecule has 0 bridgehead atoms. The molecule has 0 unspecified atom stereocenters. The predicted octanol–water partition coefficient (Wildman–Crippen LogP) is 5.47. The normalized spacial score (nSPS) is 10.5. The molecule has 2 rings (SSSR count). The molecule has 100 valence electrons. The van der Waals surface area contributed by atoms with E-state index in [-0.39, 0.29) is 5.88 Å². The van der Waals surface area contributed by atoms with Crippen LogP contribution in [0.25, 0.3) is 0 Å². The zero-order chi connectivity index (χ0) is 13.8. The fraction of sp³-hybridized carbons (Fsp3) is 0.154. The molecule has 0 aliphatic carbocycles. The Morgan fingerprint density at radius 1 is 1.16 bits per heavy atom. The second-order valence-electron chi connectivity index (χ2n) is 3.81. The van der Waals surface area contributed by atoms with Crippen LogP contribution in [0.3, 0.4) is 0 Å². The van der Waals surface area contributed by atoms with Crippen LogP contribution in [0.4, 0.5) is 0 Å². The fourth-order valence-electron chi connectivity index (χ4n) is 1.56. The third kappa shape index (κ3) is 3.99. The van der Waals surface area contributed by atoms with Crippen LogP contribution in [-0.2, 0) is 12.5 Å². The molecular formula is C13H9BrCl3NO. The zero-order valence-corrected chi connectivity index (χ0v) is 13.5. The smallest absolute Gasteiger partial charge is 0.142 e. The van der Waals surface area contributed by atoms with Gasteiger partial charge in [-0.3, -0.25) is 4.98 Å². The number of benzene rings is 1. The summed E-state index contributed by atoms with van der Waals surface area (Å²) in [6.45, 7) is 0.359. The topological polar surface area (TPSA) is 22.1 Å². The molecule has 0 fully saturated rings. The summed E-state index contributed by atoms with van der Waals surface area (Å²) in [5.41, 5.74) is 1.70. The van der Waals surface area contributed by atoms with Crippen molar-refractivity contribution in [1.82, 2.24) is 4.98 Å². The van der Waals surface area contributed by atoms with E-state index in [1.165, 1.54) is 0 Å². The van der Waals surface area contributed by atoms with E-state index in [4.69, 9.17) is 39.5 Å². The standard InChI is InChI=1S/C13H9BrCl3NO/c14-10-1-8(5-18-6-10)7-19-13-9(4-15)2-11(16)3-12(13)17/h1-3,5-6H,4,7H2. The maximum Gasteiger partial charge on any atom is 0.142 e. The Balaban J connectivity index is 2.19. The van der Waals surface area contributed by atoms with E-state index in [2.05, 4.69) is 20.9 Å². The monoisotopic (exact) mass is 379 g/mol. The van der Waals surface area contributed by atoms with Crippen LogP contribution < -0.4 is 4.74 Å². The van der Waals surface area contributed by atoms with Crippen molar-refractivity contribution in [3.05, 3.63) is 56.2 Å². The van der Waals surface area contributed by atoms with Crippen LogP contribution >= 0.6 is 50.7 Å². The molecular weight excluding hydrogens is 372 g/mol. The number of alkyl halides is 1. The quantitative estimate of drug-likeness (QED) is 0.655. The maximum atomic E-state index is 6.12. The minimum absolute atomic E-state index is 0.284. The van der Waals surface area contributed by atoms with E-state index >= 15 is 0 Å². The Morgan fingerprint density at radius 2 is 1.95 bits per heavy atom. The van der Waals surface area contributed by atoms with Crippen LogP contribution in [0.15, 0.2) is 35.1 Å². The summed E-state index contributed by atoms with van der Waals surface area (Å²) in [7, 11) is 0.